The van der Waals surface area contributed by atoms with E-state index in [9.17, 15) is 13.9 Å². The fourth-order valence-electron chi connectivity index (χ4n) is 2.04. The van der Waals surface area contributed by atoms with E-state index >= 15 is 0 Å². The van der Waals surface area contributed by atoms with Crippen molar-refractivity contribution in [2.24, 2.45) is 0 Å². The summed E-state index contributed by atoms with van der Waals surface area (Å²) in [6.45, 7) is 1.59. The van der Waals surface area contributed by atoms with Gasteiger partial charge in [0.2, 0.25) is 0 Å². The van der Waals surface area contributed by atoms with Crippen LogP contribution in [0, 0.1) is 11.6 Å². The largest absolute Gasteiger partial charge is 0.385 e. The van der Waals surface area contributed by atoms with Gasteiger partial charge in [-0.05, 0) is 30.7 Å². The molecule has 4 heteroatoms. The summed E-state index contributed by atoms with van der Waals surface area (Å²) in [4.78, 5) is 0. The minimum Gasteiger partial charge on any atom is -0.385 e. The molecular formula is C15H13ClF2O. The Morgan fingerprint density at radius 3 is 2.42 bits per heavy atom. The van der Waals surface area contributed by atoms with E-state index in [0.29, 0.717) is 16.1 Å². The van der Waals surface area contributed by atoms with Gasteiger partial charge in [0.05, 0.1) is 5.60 Å². The first kappa shape index (κ1) is 14.0. The maximum Gasteiger partial charge on any atom is 0.159 e. The fourth-order valence-corrected chi connectivity index (χ4v) is 2.38. The molecule has 2 aromatic carbocycles. The molecule has 0 fully saturated rings. The zero-order valence-electron chi connectivity index (χ0n) is 10.3. The normalized spacial score (nSPS) is 14.2. The van der Waals surface area contributed by atoms with Crippen LogP contribution < -0.4 is 0 Å². The molecule has 0 aliphatic carbocycles. The maximum atomic E-state index is 13.2. The van der Waals surface area contributed by atoms with Gasteiger partial charge in [0, 0.05) is 17.0 Å². The van der Waals surface area contributed by atoms with Crippen LogP contribution in [0.3, 0.4) is 0 Å². The number of hydrogen-bond donors (Lipinski definition) is 1. The van der Waals surface area contributed by atoms with Crippen molar-refractivity contribution in [3.63, 3.8) is 0 Å². The van der Waals surface area contributed by atoms with E-state index in [1.165, 1.54) is 6.07 Å². The van der Waals surface area contributed by atoms with Crippen LogP contribution in [-0.4, -0.2) is 5.11 Å². The predicted molar refractivity (Wildman–Crippen MR) is 71.1 cm³/mol. The zero-order valence-corrected chi connectivity index (χ0v) is 11.1. The van der Waals surface area contributed by atoms with E-state index < -0.39 is 17.2 Å². The summed E-state index contributed by atoms with van der Waals surface area (Å²) < 4.78 is 26.0. The number of halogens is 3. The SMILES string of the molecule is CC(O)(Cc1ccc(F)c(F)c1)c1ccccc1Cl. The third kappa shape index (κ3) is 3.11. The Bertz CT molecular complexity index is 596. The summed E-state index contributed by atoms with van der Waals surface area (Å²) in [5.41, 5.74) is -0.187. The number of aliphatic hydroxyl groups is 1. The highest BCUT2D eigenvalue weighted by atomic mass is 35.5. The van der Waals surface area contributed by atoms with E-state index in [-0.39, 0.29) is 6.42 Å². The summed E-state index contributed by atoms with van der Waals surface area (Å²) in [6, 6.07) is 10.5. The van der Waals surface area contributed by atoms with Crippen molar-refractivity contribution in [2.45, 2.75) is 18.9 Å². The maximum absolute atomic E-state index is 13.2. The highest BCUT2D eigenvalue weighted by molar-refractivity contribution is 6.31. The minimum absolute atomic E-state index is 0.147. The first-order chi connectivity index (χ1) is 8.90. The minimum atomic E-state index is -1.25. The first-order valence-electron chi connectivity index (χ1n) is 5.81. The Hall–Kier alpha value is -1.45. The van der Waals surface area contributed by atoms with Crippen LogP contribution in [0.5, 0.6) is 0 Å². The predicted octanol–water partition coefficient (Wildman–Crippen LogP) is 4.07. The summed E-state index contributed by atoms with van der Waals surface area (Å²) in [7, 11) is 0. The molecule has 0 amide bonds. The molecule has 1 N–H and O–H groups in total. The molecule has 2 aromatic rings. The molecule has 0 heterocycles. The number of benzene rings is 2. The van der Waals surface area contributed by atoms with Gasteiger partial charge >= 0.3 is 0 Å². The lowest BCUT2D eigenvalue weighted by Crippen LogP contribution is -2.24. The molecular weight excluding hydrogens is 270 g/mol. The van der Waals surface area contributed by atoms with Crippen molar-refractivity contribution in [2.75, 3.05) is 0 Å². The second-order valence-electron chi connectivity index (χ2n) is 4.68. The highest BCUT2D eigenvalue weighted by Gasteiger charge is 2.26. The summed E-state index contributed by atoms with van der Waals surface area (Å²) in [5.74, 6) is -1.83. The molecule has 1 unspecified atom stereocenters. The van der Waals surface area contributed by atoms with Crippen LogP contribution in [0.25, 0.3) is 0 Å². The second kappa shape index (κ2) is 5.27. The van der Waals surface area contributed by atoms with Crippen LogP contribution in [0.1, 0.15) is 18.1 Å². The molecule has 0 spiro atoms. The van der Waals surface area contributed by atoms with E-state index in [1.54, 1.807) is 31.2 Å². The lowest BCUT2D eigenvalue weighted by Gasteiger charge is -2.25. The third-order valence-electron chi connectivity index (χ3n) is 2.99. The molecule has 0 aliphatic heterocycles. The monoisotopic (exact) mass is 282 g/mol. The Labute approximate surface area is 115 Å². The lowest BCUT2D eigenvalue weighted by atomic mass is 9.89. The van der Waals surface area contributed by atoms with Gasteiger partial charge in [-0.3, -0.25) is 0 Å². The van der Waals surface area contributed by atoms with Gasteiger partial charge in [0.15, 0.2) is 11.6 Å². The van der Waals surface area contributed by atoms with Crippen LogP contribution in [0.2, 0.25) is 5.02 Å². The molecule has 0 bridgehead atoms. The number of rotatable bonds is 3. The van der Waals surface area contributed by atoms with Crippen molar-refractivity contribution >= 4 is 11.6 Å². The van der Waals surface area contributed by atoms with Crippen molar-refractivity contribution in [1.82, 2.24) is 0 Å². The van der Waals surface area contributed by atoms with Crippen LogP contribution >= 0.6 is 11.6 Å². The smallest absolute Gasteiger partial charge is 0.159 e. The van der Waals surface area contributed by atoms with E-state index in [0.717, 1.165) is 12.1 Å². The van der Waals surface area contributed by atoms with Gasteiger partial charge in [-0.25, -0.2) is 8.78 Å². The van der Waals surface area contributed by atoms with E-state index in [2.05, 4.69) is 0 Å². The molecule has 1 atom stereocenters. The van der Waals surface area contributed by atoms with Gasteiger partial charge in [0.25, 0.3) is 0 Å². The Morgan fingerprint density at radius 2 is 1.79 bits per heavy atom. The van der Waals surface area contributed by atoms with Crippen LogP contribution in [0.4, 0.5) is 8.78 Å². The molecule has 19 heavy (non-hydrogen) atoms. The van der Waals surface area contributed by atoms with Crippen molar-refractivity contribution in [1.29, 1.82) is 0 Å². The van der Waals surface area contributed by atoms with Crippen molar-refractivity contribution < 1.29 is 13.9 Å². The Balaban J connectivity index is 2.31. The Kier molecular flexibility index (Phi) is 3.88. The van der Waals surface area contributed by atoms with Crippen molar-refractivity contribution in [3.8, 4) is 0 Å². The van der Waals surface area contributed by atoms with E-state index in [1.807, 2.05) is 0 Å². The molecule has 0 radical (unpaired) electrons. The van der Waals surface area contributed by atoms with Crippen molar-refractivity contribution in [3.05, 3.63) is 70.2 Å². The average molecular weight is 283 g/mol. The molecule has 0 aromatic heterocycles. The van der Waals surface area contributed by atoms with E-state index in [4.69, 9.17) is 11.6 Å². The highest BCUT2D eigenvalue weighted by Crippen LogP contribution is 2.31. The van der Waals surface area contributed by atoms with Crippen LogP contribution in [-0.2, 0) is 12.0 Å². The molecule has 0 saturated carbocycles. The van der Waals surface area contributed by atoms with Crippen LogP contribution in [0.15, 0.2) is 42.5 Å². The quantitative estimate of drug-likeness (QED) is 0.900. The molecule has 100 valence electrons. The third-order valence-corrected chi connectivity index (χ3v) is 3.32. The molecule has 0 saturated heterocycles. The van der Waals surface area contributed by atoms with Gasteiger partial charge in [-0.2, -0.15) is 0 Å². The lowest BCUT2D eigenvalue weighted by molar-refractivity contribution is 0.0576. The van der Waals surface area contributed by atoms with Gasteiger partial charge in [0.1, 0.15) is 0 Å². The second-order valence-corrected chi connectivity index (χ2v) is 5.09. The summed E-state index contributed by atoms with van der Waals surface area (Å²) >= 11 is 6.04. The molecule has 1 nitrogen and oxygen atoms in total. The van der Waals surface area contributed by atoms with Gasteiger partial charge < -0.3 is 5.11 Å². The summed E-state index contributed by atoms with van der Waals surface area (Å²) in [6.07, 6.45) is 0.147. The van der Waals surface area contributed by atoms with Gasteiger partial charge in [-0.15, -0.1) is 0 Å². The first-order valence-corrected chi connectivity index (χ1v) is 6.19. The molecule has 2 rings (SSSR count). The standard InChI is InChI=1S/C15H13ClF2O/c1-15(19,11-4-2-3-5-12(11)16)9-10-6-7-13(17)14(18)8-10/h2-8,19H,9H2,1H3. The zero-order chi connectivity index (χ0) is 14.0. The topological polar surface area (TPSA) is 20.2 Å². The summed E-state index contributed by atoms with van der Waals surface area (Å²) in [5, 5.41) is 10.9. The molecule has 0 aliphatic rings. The Morgan fingerprint density at radius 1 is 1.11 bits per heavy atom. The van der Waals surface area contributed by atoms with Gasteiger partial charge in [-0.1, -0.05) is 35.9 Å². The number of hydrogen-bond acceptors (Lipinski definition) is 1. The fraction of sp³-hybridized carbons (Fsp3) is 0.200. The average Bonchev–Trinajstić information content (AvgIpc) is 2.34.